The van der Waals surface area contributed by atoms with E-state index in [1.54, 1.807) is 21.0 Å². The minimum Gasteiger partial charge on any atom is -0.495 e. The van der Waals surface area contributed by atoms with Gasteiger partial charge in [-0.2, -0.15) is 0 Å². The van der Waals surface area contributed by atoms with Crippen molar-refractivity contribution in [3.63, 3.8) is 0 Å². The average molecular weight is 399 g/mol. The first-order chi connectivity index (χ1) is 14.0. The van der Waals surface area contributed by atoms with E-state index in [0.29, 0.717) is 22.5 Å². The maximum Gasteiger partial charge on any atom is 0.340 e. The van der Waals surface area contributed by atoms with Crippen LogP contribution in [-0.4, -0.2) is 68.1 Å². The number of benzene rings is 1. The Kier molecular flexibility index (Phi) is 6.59. The Morgan fingerprint density at radius 1 is 1.03 bits per heavy atom. The van der Waals surface area contributed by atoms with Crippen molar-refractivity contribution in [2.75, 3.05) is 51.3 Å². The minimum absolute atomic E-state index is 0.0550. The second kappa shape index (κ2) is 9.13. The summed E-state index contributed by atoms with van der Waals surface area (Å²) in [5.74, 6) is 0.355. The zero-order valence-corrected chi connectivity index (χ0v) is 17.6. The molecule has 2 heterocycles. The number of piperazine rings is 1. The predicted molar refractivity (Wildman–Crippen MR) is 112 cm³/mol. The first-order valence-electron chi connectivity index (χ1n) is 9.96. The summed E-state index contributed by atoms with van der Waals surface area (Å²) >= 11 is 0. The molecule has 7 nitrogen and oxygen atoms in total. The van der Waals surface area contributed by atoms with Crippen molar-refractivity contribution < 1.29 is 19.1 Å². The molecule has 1 aromatic heterocycles. The van der Waals surface area contributed by atoms with Gasteiger partial charge in [-0.3, -0.25) is 9.69 Å². The van der Waals surface area contributed by atoms with Gasteiger partial charge in [-0.05, 0) is 32.9 Å². The smallest absolute Gasteiger partial charge is 0.340 e. The molecule has 1 fully saturated rings. The number of nitrogens with one attached hydrogen (secondary N) is 1. The number of ketones is 1. The third-order valence-corrected chi connectivity index (χ3v) is 5.30. The molecule has 156 valence electrons. The number of aromatic amines is 1. The number of rotatable bonds is 7. The van der Waals surface area contributed by atoms with Gasteiger partial charge in [0.2, 0.25) is 0 Å². The molecule has 0 atom stereocenters. The molecule has 0 spiro atoms. The largest absolute Gasteiger partial charge is 0.495 e. The first kappa shape index (κ1) is 20.9. The first-order valence-corrected chi connectivity index (χ1v) is 9.96. The van der Waals surface area contributed by atoms with Crippen molar-refractivity contribution in [1.82, 2.24) is 9.88 Å². The lowest BCUT2D eigenvalue weighted by atomic mass is 10.0. The van der Waals surface area contributed by atoms with Crippen LogP contribution in [0.2, 0.25) is 0 Å². The highest BCUT2D eigenvalue weighted by Crippen LogP contribution is 2.28. The van der Waals surface area contributed by atoms with Crippen LogP contribution in [0, 0.1) is 13.8 Å². The van der Waals surface area contributed by atoms with E-state index < -0.39 is 5.97 Å². The molecule has 1 saturated heterocycles. The summed E-state index contributed by atoms with van der Waals surface area (Å²) in [7, 11) is 1.68. The van der Waals surface area contributed by atoms with Gasteiger partial charge >= 0.3 is 5.97 Å². The highest BCUT2D eigenvalue weighted by atomic mass is 16.5. The molecular weight excluding hydrogens is 370 g/mol. The van der Waals surface area contributed by atoms with Gasteiger partial charge in [0, 0.05) is 37.6 Å². The van der Waals surface area contributed by atoms with E-state index in [-0.39, 0.29) is 18.9 Å². The molecule has 0 unspecified atom stereocenters. The van der Waals surface area contributed by atoms with Crippen molar-refractivity contribution in [3.8, 4) is 5.75 Å². The molecule has 3 rings (SSSR count). The number of nitrogens with zero attached hydrogens (tertiary/aromatic N) is 2. The van der Waals surface area contributed by atoms with Gasteiger partial charge in [0.15, 0.2) is 5.78 Å². The van der Waals surface area contributed by atoms with E-state index in [0.717, 1.165) is 37.6 Å². The number of aromatic nitrogens is 1. The lowest BCUT2D eigenvalue weighted by Gasteiger charge is -2.36. The van der Waals surface area contributed by atoms with Crippen LogP contribution in [0.1, 0.15) is 39.0 Å². The van der Waals surface area contributed by atoms with E-state index >= 15 is 0 Å². The quantitative estimate of drug-likeness (QED) is 0.570. The van der Waals surface area contributed by atoms with Crippen LogP contribution in [0.25, 0.3) is 0 Å². The fraction of sp³-hybridized carbons (Fsp3) is 0.455. The van der Waals surface area contributed by atoms with Crippen molar-refractivity contribution in [2.45, 2.75) is 20.8 Å². The van der Waals surface area contributed by atoms with Gasteiger partial charge in [-0.25, -0.2) is 4.79 Å². The second-order valence-corrected chi connectivity index (χ2v) is 7.20. The molecule has 1 aromatic carbocycles. The maximum absolute atomic E-state index is 13.0. The summed E-state index contributed by atoms with van der Waals surface area (Å²) < 4.78 is 10.6. The molecule has 0 amide bonds. The number of para-hydroxylation sites is 2. The Balaban J connectivity index is 1.67. The molecule has 1 N–H and O–H groups in total. The highest BCUT2D eigenvalue weighted by Gasteiger charge is 2.28. The number of aryl methyl sites for hydroxylation is 2. The summed E-state index contributed by atoms with van der Waals surface area (Å²) in [6.45, 7) is 9.08. The van der Waals surface area contributed by atoms with Crippen LogP contribution in [-0.2, 0) is 4.74 Å². The molecule has 0 bridgehead atoms. The van der Waals surface area contributed by atoms with Gasteiger partial charge < -0.3 is 19.4 Å². The monoisotopic (exact) mass is 399 g/mol. The summed E-state index contributed by atoms with van der Waals surface area (Å²) in [5, 5.41) is 0. The second-order valence-electron chi connectivity index (χ2n) is 7.20. The zero-order valence-electron chi connectivity index (χ0n) is 17.6. The maximum atomic E-state index is 13.0. The molecule has 0 radical (unpaired) electrons. The van der Waals surface area contributed by atoms with Crippen molar-refractivity contribution >= 4 is 17.4 Å². The Labute approximate surface area is 171 Å². The molecule has 0 aliphatic carbocycles. The van der Waals surface area contributed by atoms with Crippen LogP contribution in [0.5, 0.6) is 5.75 Å². The summed E-state index contributed by atoms with van der Waals surface area (Å²) in [4.78, 5) is 32.9. The van der Waals surface area contributed by atoms with E-state index in [1.807, 2.05) is 25.1 Å². The molecule has 1 aliphatic heterocycles. The topological polar surface area (TPSA) is 74.9 Å². The number of Topliss-reactive ketones (excluding diaryl/α,β-unsaturated/α-hetero) is 1. The van der Waals surface area contributed by atoms with Crippen LogP contribution >= 0.6 is 0 Å². The van der Waals surface area contributed by atoms with Crippen LogP contribution in [0.3, 0.4) is 0 Å². The van der Waals surface area contributed by atoms with Gasteiger partial charge in [-0.15, -0.1) is 0 Å². The normalized spacial score (nSPS) is 14.7. The van der Waals surface area contributed by atoms with Crippen LogP contribution < -0.4 is 9.64 Å². The van der Waals surface area contributed by atoms with Crippen LogP contribution in [0.4, 0.5) is 5.69 Å². The molecule has 7 heteroatoms. The van der Waals surface area contributed by atoms with Crippen LogP contribution in [0.15, 0.2) is 24.3 Å². The fourth-order valence-electron chi connectivity index (χ4n) is 3.91. The Bertz CT molecular complexity index is 882. The van der Waals surface area contributed by atoms with Crippen molar-refractivity contribution in [3.05, 3.63) is 46.8 Å². The lowest BCUT2D eigenvalue weighted by molar-refractivity contribution is 0.0522. The van der Waals surface area contributed by atoms with Crippen molar-refractivity contribution in [1.29, 1.82) is 0 Å². The zero-order chi connectivity index (χ0) is 21.0. The van der Waals surface area contributed by atoms with Gasteiger partial charge in [0.1, 0.15) is 5.75 Å². The Morgan fingerprint density at radius 3 is 2.34 bits per heavy atom. The predicted octanol–water partition coefficient (Wildman–Crippen LogP) is 2.82. The number of anilines is 1. The average Bonchev–Trinajstić information content (AvgIpc) is 3.02. The minimum atomic E-state index is -0.446. The standard InChI is InChI=1S/C22H29N3O4/c1-5-29-22(27)21-16(3)23-15(2)20(21)18(26)14-24-10-12-25(13-11-24)17-8-6-7-9-19(17)28-4/h6-9,23H,5,10-14H2,1-4H3. The third-order valence-electron chi connectivity index (χ3n) is 5.30. The molecule has 2 aromatic rings. The fourth-order valence-corrected chi connectivity index (χ4v) is 3.91. The van der Waals surface area contributed by atoms with E-state index in [4.69, 9.17) is 9.47 Å². The number of carbonyl (C=O) groups is 2. The van der Waals surface area contributed by atoms with E-state index in [9.17, 15) is 9.59 Å². The lowest BCUT2D eigenvalue weighted by Crippen LogP contribution is -2.48. The SMILES string of the molecule is CCOC(=O)c1c(C)[nH]c(C)c1C(=O)CN1CCN(c2ccccc2OC)CC1. The summed E-state index contributed by atoms with van der Waals surface area (Å²) in [5.41, 5.74) is 3.27. The van der Waals surface area contributed by atoms with Gasteiger partial charge in [-0.1, -0.05) is 12.1 Å². The van der Waals surface area contributed by atoms with E-state index in [2.05, 4.69) is 20.9 Å². The number of hydrogen-bond acceptors (Lipinski definition) is 6. The third kappa shape index (κ3) is 4.45. The number of H-pyrrole nitrogens is 1. The van der Waals surface area contributed by atoms with Gasteiger partial charge in [0.25, 0.3) is 0 Å². The van der Waals surface area contributed by atoms with Gasteiger partial charge in [0.05, 0.1) is 37.1 Å². The summed E-state index contributed by atoms with van der Waals surface area (Å²) in [6.07, 6.45) is 0. The number of carbonyl (C=O) groups excluding carboxylic acids is 2. The molecular formula is C22H29N3O4. The molecule has 1 aliphatic rings. The number of esters is 1. The number of ether oxygens (including phenoxy) is 2. The van der Waals surface area contributed by atoms with E-state index in [1.165, 1.54) is 0 Å². The molecule has 29 heavy (non-hydrogen) atoms. The summed E-state index contributed by atoms with van der Waals surface area (Å²) in [6, 6.07) is 7.97. The highest BCUT2D eigenvalue weighted by molar-refractivity contribution is 6.09. The number of hydrogen-bond donors (Lipinski definition) is 1. The Hall–Kier alpha value is -2.80. The molecule has 0 saturated carbocycles. The van der Waals surface area contributed by atoms with Crippen molar-refractivity contribution in [2.24, 2.45) is 0 Å². The Morgan fingerprint density at radius 2 is 1.69 bits per heavy atom. The number of methoxy groups -OCH3 is 1.